The molecule has 6 heteroatoms. The van der Waals surface area contributed by atoms with Crippen LogP contribution in [0.3, 0.4) is 0 Å². The first-order valence-electron chi connectivity index (χ1n) is 5.99. The van der Waals surface area contributed by atoms with Gasteiger partial charge in [0.1, 0.15) is 5.03 Å². The summed E-state index contributed by atoms with van der Waals surface area (Å²) in [7, 11) is 0. The molecule has 1 aliphatic rings. The predicted octanol–water partition coefficient (Wildman–Crippen LogP) is 2.69. The molecule has 1 aromatic heterocycles. The van der Waals surface area contributed by atoms with E-state index in [0.717, 1.165) is 16.1 Å². The quantitative estimate of drug-likeness (QED) is 0.792. The first-order chi connectivity index (χ1) is 9.00. The molecule has 1 unspecified atom stereocenters. The van der Waals surface area contributed by atoms with Gasteiger partial charge >= 0.3 is 0 Å². The number of hydrogen-bond donors (Lipinski definition) is 2. The minimum absolute atomic E-state index is 0.117. The molecule has 0 bridgehead atoms. The predicted molar refractivity (Wildman–Crippen MR) is 79.0 cm³/mol. The third kappa shape index (κ3) is 2.26. The summed E-state index contributed by atoms with van der Waals surface area (Å²) >= 11 is 7.25. The molecule has 1 aliphatic heterocycles. The van der Waals surface area contributed by atoms with E-state index in [1.165, 1.54) is 22.9 Å². The highest BCUT2D eigenvalue weighted by atomic mass is 35.5. The fourth-order valence-corrected chi connectivity index (χ4v) is 3.21. The van der Waals surface area contributed by atoms with Gasteiger partial charge in [-0.05, 0) is 37.1 Å². The number of nitrogens with zero attached hydrogens (tertiary/aromatic N) is 2. The van der Waals surface area contributed by atoms with Gasteiger partial charge in [0.2, 0.25) is 0 Å². The normalized spacial score (nSPS) is 22.1. The van der Waals surface area contributed by atoms with Crippen LogP contribution in [0, 0.1) is 13.8 Å². The van der Waals surface area contributed by atoms with E-state index in [-0.39, 0.29) is 5.88 Å². The zero-order chi connectivity index (χ0) is 13.6. The van der Waals surface area contributed by atoms with E-state index >= 15 is 0 Å². The van der Waals surface area contributed by atoms with Crippen LogP contribution >= 0.6 is 23.4 Å². The van der Waals surface area contributed by atoms with Crippen molar-refractivity contribution >= 4 is 40.2 Å². The summed E-state index contributed by atoms with van der Waals surface area (Å²) in [4.78, 5) is 9.15. The minimum atomic E-state index is -1.11. The topological polar surface area (TPSA) is 58.0 Å². The highest BCUT2D eigenvalue weighted by Gasteiger charge is 2.33. The van der Waals surface area contributed by atoms with Gasteiger partial charge in [-0.3, -0.25) is 0 Å². The summed E-state index contributed by atoms with van der Waals surface area (Å²) in [5.41, 5.74) is 2.98. The molecule has 0 radical (unpaired) electrons. The molecule has 3 rings (SSSR count). The van der Waals surface area contributed by atoms with Crippen molar-refractivity contribution in [3.63, 3.8) is 0 Å². The van der Waals surface area contributed by atoms with Gasteiger partial charge in [-0.25, -0.2) is 9.97 Å². The van der Waals surface area contributed by atoms with Gasteiger partial charge in [-0.15, -0.1) is 11.6 Å². The number of halogens is 1. The maximum Gasteiger partial charge on any atom is 0.161 e. The van der Waals surface area contributed by atoms with Crippen LogP contribution in [0.2, 0.25) is 0 Å². The van der Waals surface area contributed by atoms with E-state index in [0.29, 0.717) is 11.6 Å². The van der Waals surface area contributed by atoms with E-state index in [1.807, 2.05) is 19.1 Å². The first kappa shape index (κ1) is 13.0. The van der Waals surface area contributed by atoms with Crippen LogP contribution in [-0.4, -0.2) is 32.4 Å². The molecule has 0 aliphatic carbocycles. The lowest BCUT2D eigenvalue weighted by atomic mass is 10.1. The Bertz CT molecular complexity index is 664. The molecule has 1 aromatic carbocycles. The molecule has 0 fully saturated rings. The van der Waals surface area contributed by atoms with Crippen molar-refractivity contribution in [2.75, 3.05) is 16.9 Å². The standard InChI is InChI=1S/C13H14ClN3OS/c1-7-3-9-10(4-8(7)2)16-12-11(15-9)17-13(18,5-14)6-19-12/h3-4,18H,5-6H2,1-2H3,(H,15,17). The van der Waals surface area contributed by atoms with Crippen molar-refractivity contribution in [2.24, 2.45) is 0 Å². The lowest BCUT2D eigenvalue weighted by molar-refractivity contribution is 0.118. The zero-order valence-electron chi connectivity index (χ0n) is 10.7. The summed E-state index contributed by atoms with van der Waals surface area (Å²) in [5.74, 6) is 1.19. The summed E-state index contributed by atoms with van der Waals surface area (Å²) < 4.78 is 0. The SMILES string of the molecule is Cc1cc2nc3c(nc2cc1C)SCC(O)(CCl)N3. The van der Waals surface area contributed by atoms with E-state index in [1.54, 1.807) is 0 Å². The lowest BCUT2D eigenvalue weighted by Crippen LogP contribution is -2.45. The number of aliphatic hydroxyl groups is 1. The summed E-state index contributed by atoms with van der Waals surface area (Å²) in [6.07, 6.45) is 0. The number of hydrogen-bond acceptors (Lipinski definition) is 5. The molecular formula is C13H14ClN3OS. The van der Waals surface area contributed by atoms with E-state index in [9.17, 15) is 5.11 Å². The molecule has 0 saturated carbocycles. The van der Waals surface area contributed by atoms with Crippen LogP contribution in [0.4, 0.5) is 5.82 Å². The smallest absolute Gasteiger partial charge is 0.161 e. The molecule has 2 aromatic rings. The van der Waals surface area contributed by atoms with Gasteiger partial charge in [0.15, 0.2) is 11.5 Å². The van der Waals surface area contributed by atoms with E-state index < -0.39 is 5.72 Å². The molecule has 2 heterocycles. The van der Waals surface area contributed by atoms with Gasteiger partial charge in [0.25, 0.3) is 0 Å². The maximum atomic E-state index is 10.2. The number of thioether (sulfide) groups is 1. The monoisotopic (exact) mass is 295 g/mol. The molecule has 0 spiro atoms. The lowest BCUT2D eigenvalue weighted by Gasteiger charge is -2.31. The molecule has 2 N–H and O–H groups in total. The fraction of sp³-hybridized carbons (Fsp3) is 0.385. The molecule has 0 amide bonds. The van der Waals surface area contributed by atoms with Gasteiger partial charge in [0, 0.05) is 5.75 Å². The van der Waals surface area contributed by atoms with Gasteiger partial charge in [-0.1, -0.05) is 11.8 Å². The maximum absolute atomic E-state index is 10.2. The number of nitrogens with one attached hydrogen (secondary N) is 1. The van der Waals surface area contributed by atoms with Gasteiger partial charge in [-0.2, -0.15) is 0 Å². The third-order valence-corrected chi connectivity index (χ3v) is 4.89. The Balaban J connectivity index is 2.14. The van der Waals surface area contributed by atoms with Crippen molar-refractivity contribution in [2.45, 2.75) is 24.6 Å². The van der Waals surface area contributed by atoms with Gasteiger partial charge < -0.3 is 10.4 Å². The Morgan fingerprint density at radius 3 is 2.58 bits per heavy atom. The molecular weight excluding hydrogens is 282 g/mol. The van der Waals surface area contributed by atoms with Crippen LogP contribution in [-0.2, 0) is 0 Å². The molecule has 100 valence electrons. The van der Waals surface area contributed by atoms with Crippen LogP contribution in [0.5, 0.6) is 0 Å². The number of aryl methyl sites for hydroxylation is 2. The van der Waals surface area contributed by atoms with Crippen molar-refractivity contribution in [1.82, 2.24) is 9.97 Å². The Morgan fingerprint density at radius 2 is 1.95 bits per heavy atom. The molecule has 19 heavy (non-hydrogen) atoms. The van der Waals surface area contributed by atoms with E-state index in [2.05, 4.69) is 22.2 Å². The van der Waals surface area contributed by atoms with Gasteiger partial charge in [0.05, 0.1) is 16.9 Å². The number of benzene rings is 1. The minimum Gasteiger partial charge on any atom is -0.369 e. The Labute approximate surface area is 120 Å². The van der Waals surface area contributed by atoms with Crippen LogP contribution in [0.1, 0.15) is 11.1 Å². The number of rotatable bonds is 1. The van der Waals surface area contributed by atoms with Crippen molar-refractivity contribution in [1.29, 1.82) is 0 Å². The van der Waals surface area contributed by atoms with Crippen molar-refractivity contribution in [3.8, 4) is 0 Å². The number of aromatic nitrogens is 2. The summed E-state index contributed by atoms with van der Waals surface area (Å²) in [6.45, 7) is 4.11. The van der Waals surface area contributed by atoms with Crippen LogP contribution in [0.25, 0.3) is 11.0 Å². The van der Waals surface area contributed by atoms with Crippen LogP contribution in [0.15, 0.2) is 17.2 Å². The average molecular weight is 296 g/mol. The largest absolute Gasteiger partial charge is 0.369 e. The highest BCUT2D eigenvalue weighted by molar-refractivity contribution is 7.99. The summed E-state index contributed by atoms with van der Waals surface area (Å²) in [6, 6.07) is 4.06. The second-order valence-corrected chi connectivity index (χ2v) is 6.11. The fourth-order valence-electron chi connectivity index (χ4n) is 1.99. The van der Waals surface area contributed by atoms with E-state index in [4.69, 9.17) is 11.6 Å². The number of fused-ring (bicyclic) bond motifs is 2. The van der Waals surface area contributed by atoms with Crippen molar-refractivity contribution in [3.05, 3.63) is 23.3 Å². The Morgan fingerprint density at radius 1 is 1.32 bits per heavy atom. The van der Waals surface area contributed by atoms with Crippen LogP contribution < -0.4 is 5.32 Å². The Kier molecular flexibility index (Phi) is 3.08. The summed E-state index contributed by atoms with van der Waals surface area (Å²) in [5, 5.41) is 14.0. The zero-order valence-corrected chi connectivity index (χ0v) is 12.3. The second kappa shape index (κ2) is 4.51. The molecule has 1 atom stereocenters. The molecule has 4 nitrogen and oxygen atoms in total. The van der Waals surface area contributed by atoms with Crippen molar-refractivity contribution < 1.29 is 5.11 Å². The molecule has 0 saturated heterocycles. The third-order valence-electron chi connectivity index (χ3n) is 3.27. The number of alkyl halides is 1. The Hall–Kier alpha value is -1.04. The second-order valence-electron chi connectivity index (χ2n) is 4.88. The number of anilines is 1. The highest BCUT2D eigenvalue weighted by Crippen LogP contribution is 2.35. The first-order valence-corrected chi connectivity index (χ1v) is 7.51. The average Bonchev–Trinajstić information content (AvgIpc) is 2.38.